The maximum atomic E-state index is 13.7. The van der Waals surface area contributed by atoms with Crippen LogP contribution in [0.1, 0.15) is 32.1 Å². The number of alkyl halides is 3. The van der Waals surface area contributed by atoms with Gasteiger partial charge in [-0.2, -0.15) is 13.2 Å². The summed E-state index contributed by atoms with van der Waals surface area (Å²) in [5.41, 5.74) is -0.379. The van der Waals surface area contributed by atoms with Crippen molar-refractivity contribution in [3.05, 3.63) is 64.0 Å². The van der Waals surface area contributed by atoms with E-state index >= 15 is 0 Å². The Hall–Kier alpha value is -3.49. The highest BCUT2D eigenvalue weighted by atomic mass is 19.4. The number of aryl methyl sites for hydroxylation is 1. The second-order valence-electron chi connectivity index (χ2n) is 6.86. The van der Waals surface area contributed by atoms with Crippen molar-refractivity contribution in [2.45, 2.75) is 39.5 Å². The molecule has 6 nitrogen and oxygen atoms in total. The SMILES string of the molecule is CCOC(=O)[C@@H](C)Oc1ccc2c(=O)c(Oc3ccc(CC)cc3)c(C(F)(F)F)oc2c1. The van der Waals surface area contributed by atoms with E-state index in [9.17, 15) is 22.8 Å². The Morgan fingerprint density at radius 3 is 2.31 bits per heavy atom. The van der Waals surface area contributed by atoms with Crippen LogP contribution in [0.4, 0.5) is 13.2 Å². The summed E-state index contributed by atoms with van der Waals surface area (Å²) in [5, 5.41) is -0.130. The van der Waals surface area contributed by atoms with Crippen molar-refractivity contribution in [3.8, 4) is 17.2 Å². The topological polar surface area (TPSA) is 75.0 Å². The van der Waals surface area contributed by atoms with Crippen molar-refractivity contribution in [2.75, 3.05) is 6.61 Å². The summed E-state index contributed by atoms with van der Waals surface area (Å²) in [6, 6.07) is 10.1. The molecule has 0 fully saturated rings. The lowest BCUT2D eigenvalue weighted by molar-refractivity contribution is -0.154. The first-order valence-corrected chi connectivity index (χ1v) is 9.92. The molecule has 0 N–H and O–H groups in total. The summed E-state index contributed by atoms with van der Waals surface area (Å²) in [4.78, 5) is 24.6. The Balaban J connectivity index is 2.03. The molecule has 0 saturated carbocycles. The third-order valence-corrected chi connectivity index (χ3v) is 4.56. The van der Waals surface area contributed by atoms with Crippen LogP contribution in [0.5, 0.6) is 17.2 Å². The number of hydrogen-bond donors (Lipinski definition) is 0. The molecule has 1 aromatic heterocycles. The molecule has 0 unspecified atom stereocenters. The molecule has 0 amide bonds. The minimum atomic E-state index is -4.98. The minimum Gasteiger partial charge on any atom is -0.479 e. The third-order valence-electron chi connectivity index (χ3n) is 4.56. The molecule has 0 saturated heterocycles. The van der Waals surface area contributed by atoms with Gasteiger partial charge in [-0.15, -0.1) is 0 Å². The Kier molecular flexibility index (Phi) is 6.76. The number of halogens is 3. The van der Waals surface area contributed by atoms with Crippen molar-refractivity contribution in [1.82, 2.24) is 0 Å². The fraction of sp³-hybridized carbons (Fsp3) is 0.304. The largest absolute Gasteiger partial charge is 0.479 e. The summed E-state index contributed by atoms with van der Waals surface area (Å²) in [6.07, 6.45) is -5.25. The summed E-state index contributed by atoms with van der Waals surface area (Å²) in [7, 11) is 0. The average Bonchev–Trinajstić information content (AvgIpc) is 2.75. The van der Waals surface area contributed by atoms with Crippen LogP contribution in [-0.4, -0.2) is 18.7 Å². The van der Waals surface area contributed by atoms with E-state index in [2.05, 4.69) is 0 Å². The molecule has 0 aliphatic heterocycles. The van der Waals surface area contributed by atoms with E-state index in [1.54, 1.807) is 19.1 Å². The molecule has 0 aliphatic rings. The van der Waals surface area contributed by atoms with Gasteiger partial charge in [0, 0.05) is 6.07 Å². The molecule has 0 bridgehead atoms. The van der Waals surface area contributed by atoms with Gasteiger partial charge < -0.3 is 18.6 Å². The standard InChI is InChI=1S/C23H21F3O6/c1-4-14-6-8-15(9-7-14)31-20-19(27)17-11-10-16(30-13(3)22(28)29-5-2)12-18(17)32-21(20)23(24,25)26/h6-13H,4-5H2,1-3H3/t13-/m1/s1. The maximum absolute atomic E-state index is 13.7. The van der Waals surface area contributed by atoms with Gasteiger partial charge in [0.05, 0.1) is 12.0 Å². The number of esters is 1. The number of carbonyl (C=O) groups is 1. The lowest BCUT2D eigenvalue weighted by atomic mass is 10.1. The number of fused-ring (bicyclic) bond motifs is 1. The van der Waals surface area contributed by atoms with Gasteiger partial charge in [0.15, 0.2) is 6.10 Å². The quantitative estimate of drug-likeness (QED) is 0.443. The second-order valence-corrected chi connectivity index (χ2v) is 6.86. The molecule has 0 aliphatic carbocycles. The first kappa shape index (κ1) is 23.2. The summed E-state index contributed by atoms with van der Waals surface area (Å²) in [6.45, 7) is 5.14. The van der Waals surface area contributed by atoms with Crippen LogP contribution in [0.25, 0.3) is 11.0 Å². The number of ether oxygens (including phenoxy) is 3. The zero-order valence-electron chi connectivity index (χ0n) is 17.6. The molecule has 3 rings (SSSR count). The van der Waals surface area contributed by atoms with Gasteiger partial charge in [0.2, 0.25) is 11.2 Å². The van der Waals surface area contributed by atoms with Crippen molar-refractivity contribution >= 4 is 16.9 Å². The summed E-state index contributed by atoms with van der Waals surface area (Å²) >= 11 is 0. The normalized spacial score (nSPS) is 12.4. The predicted molar refractivity (Wildman–Crippen MR) is 110 cm³/mol. The van der Waals surface area contributed by atoms with Crippen LogP contribution in [0, 0.1) is 0 Å². The van der Waals surface area contributed by atoms with Crippen molar-refractivity contribution in [2.24, 2.45) is 0 Å². The van der Waals surface area contributed by atoms with Gasteiger partial charge in [-0.3, -0.25) is 4.79 Å². The van der Waals surface area contributed by atoms with Crippen LogP contribution in [0.15, 0.2) is 51.7 Å². The zero-order valence-corrected chi connectivity index (χ0v) is 17.6. The molecule has 170 valence electrons. The van der Waals surface area contributed by atoms with Gasteiger partial charge in [-0.05, 0) is 50.1 Å². The highest BCUT2D eigenvalue weighted by molar-refractivity contribution is 5.80. The van der Waals surface area contributed by atoms with Crippen molar-refractivity contribution in [1.29, 1.82) is 0 Å². The van der Waals surface area contributed by atoms with E-state index in [4.69, 9.17) is 18.6 Å². The minimum absolute atomic E-state index is 0.0400. The second kappa shape index (κ2) is 9.33. The van der Waals surface area contributed by atoms with Crippen LogP contribution in [-0.2, 0) is 22.1 Å². The molecule has 1 heterocycles. The lowest BCUT2D eigenvalue weighted by Crippen LogP contribution is -2.26. The van der Waals surface area contributed by atoms with Gasteiger partial charge in [-0.1, -0.05) is 19.1 Å². The van der Waals surface area contributed by atoms with Crippen molar-refractivity contribution in [3.63, 3.8) is 0 Å². The first-order valence-electron chi connectivity index (χ1n) is 9.92. The van der Waals surface area contributed by atoms with E-state index in [1.165, 1.54) is 31.2 Å². The Morgan fingerprint density at radius 1 is 1.06 bits per heavy atom. The van der Waals surface area contributed by atoms with Gasteiger partial charge in [0.1, 0.15) is 17.1 Å². The number of carbonyl (C=O) groups excluding carboxylic acids is 1. The van der Waals surface area contributed by atoms with Crippen LogP contribution >= 0.6 is 0 Å². The fourth-order valence-corrected chi connectivity index (χ4v) is 2.93. The molecule has 0 radical (unpaired) electrons. The van der Waals surface area contributed by atoms with E-state index in [0.717, 1.165) is 18.1 Å². The van der Waals surface area contributed by atoms with Crippen LogP contribution in [0.2, 0.25) is 0 Å². The molecule has 9 heteroatoms. The number of hydrogen-bond acceptors (Lipinski definition) is 6. The van der Waals surface area contributed by atoms with E-state index in [0.29, 0.717) is 0 Å². The Bertz CT molecular complexity index is 1170. The lowest BCUT2D eigenvalue weighted by Gasteiger charge is -2.15. The van der Waals surface area contributed by atoms with E-state index < -0.39 is 35.2 Å². The van der Waals surface area contributed by atoms with E-state index in [-0.39, 0.29) is 29.1 Å². The average molecular weight is 450 g/mol. The Morgan fingerprint density at radius 2 is 1.72 bits per heavy atom. The van der Waals surface area contributed by atoms with E-state index in [1.807, 2.05) is 6.92 Å². The highest BCUT2D eigenvalue weighted by Crippen LogP contribution is 2.38. The molecule has 2 aromatic carbocycles. The molecule has 32 heavy (non-hydrogen) atoms. The van der Waals surface area contributed by atoms with Crippen molar-refractivity contribution < 1.29 is 36.6 Å². The van der Waals surface area contributed by atoms with Crippen LogP contribution < -0.4 is 14.9 Å². The zero-order chi connectivity index (χ0) is 23.5. The Labute approximate surface area is 181 Å². The maximum Gasteiger partial charge on any atom is 0.453 e. The summed E-state index contributed by atoms with van der Waals surface area (Å²) in [5.74, 6) is -3.04. The third kappa shape index (κ3) is 5.04. The summed E-state index contributed by atoms with van der Waals surface area (Å²) < 4.78 is 61.6. The highest BCUT2D eigenvalue weighted by Gasteiger charge is 2.40. The number of benzene rings is 2. The molecule has 0 spiro atoms. The smallest absolute Gasteiger partial charge is 0.453 e. The van der Waals surface area contributed by atoms with Crippen LogP contribution in [0.3, 0.4) is 0 Å². The molecule has 3 aromatic rings. The molecule has 1 atom stereocenters. The number of rotatable bonds is 7. The molecular weight excluding hydrogens is 429 g/mol. The predicted octanol–water partition coefficient (Wildman–Crippen LogP) is 5.50. The monoisotopic (exact) mass is 450 g/mol. The van der Waals surface area contributed by atoms with Gasteiger partial charge in [-0.25, -0.2) is 4.79 Å². The van der Waals surface area contributed by atoms with Gasteiger partial charge in [0.25, 0.3) is 5.76 Å². The first-order chi connectivity index (χ1) is 15.1. The van der Waals surface area contributed by atoms with Gasteiger partial charge >= 0.3 is 12.1 Å². The molecular formula is C23H21F3O6. The fourth-order valence-electron chi connectivity index (χ4n) is 2.93.